The fourth-order valence-corrected chi connectivity index (χ4v) is 7.92. The highest BCUT2D eigenvalue weighted by Crippen LogP contribution is 2.43. The van der Waals surface area contributed by atoms with Crippen LogP contribution in [0, 0.1) is 11.8 Å². The number of unbranched alkanes of at least 4 members (excludes halogenated alkanes) is 14. The van der Waals surface area contributed by atoms with Crippen molar-refractivity contribution in [1.29, 1.82) is 0 Å². The number of carbonyl (C=O) groups excluding carboxylic acids is 3. The Bertz CT molecular complexity index is 1250. The number of quaternary nitrogens is 1. The zero-order chi connectivity index (χ0) is 44.7. The Morgan fingerprint density at radius 3 is 1.95 bits per heavy atom. The van der Waals surface area contributed by atoms with Gasteiger partial charge in [-0.25, -0.2) is 4.57 Å². The quantitative estimate of drug-likeness (QED) is 0.0152. The van der Waals surface area contributed by atoms with Gasteiger partial charge in [-0.1, -0.05) is 109 Å². The van der Waals surface area contributed by atoms with Crippen molar-refractivity contribution in [3.05, 3.63) is 24.3 Å². The lowest BCUT2D eigenvalue weighted by molar-refractivity contribution is -0.870. The van der Waals surface area contributed by atoms with Crippen molar-refractivity contribution >= 4 is 25.5 Å². The fraction of sp³-hybridized carbons (Fsp3) is 0.848. The van der Waals surface area contributed by atoms with Crippen LogP contribution in [-0.2, 0) is 37.5 Å². The highest BCUT2D eigenvalue weighted by atomic mass is 31.2. The van der Waals surface area contributed by atoms with Crippen molar-refractivity contribution in [2.24, 2.45) is 11.8 Å². The summed E-state index contributed by atoms with van der Waals surface area (Å²) < 4.78 is 34.2. The van der Waals surface area contributed by atoms with Gasteiger partial charge in [0, 0.05) is 43.9 Å². The van der Waals surface area contributed by atoms with E-state index in [9.17, 15) is 39.2 Å². The van der Waals surface area contributed by atoms with E-state index in [-0.39, 0.29) is 51.1 Å². The summed E-state index contributed by atoms with van der Waals surface area (Å²) in [5, 5.41) is 31.3. The Balaban J connectivity index is 2.51. The first kappa shape index (κ1) is 56.1. The molecule has 0 bridgehead atoms. The second-order valence-corrected chi connectivity index (χ2v) is 19.2. The minimum absolute atomic E-state index is 0.00241. The molecule has 1 rings (SSSR count). The molecule has 1 unspecified atom stereocenters. The zero-order valence-corrected chi connectivity index (χ0v) is 38.9. The minimum Gasteiger partial charge on any atom is -0.462 e. The molecule has 0 amide bonds. The van der Waals surface area contributed by atoms with Gasteiger partial charge in [0.05, 0.1) is 46.1 Å². The van der Waals surface area contributed by atoms with Crippen molar-refractivity contribution in [3.63, 3.8) is 0 Å². The Morgan fingerprint density at radius 1 is 0.733 bits per heavy atom. The molecule has 1 aliphatic rings. The van der Waals surface area contributed by atoms with Crippen molar-refractivity contribution in [2.75, 3.05) is 47.5 Å². The fourth-order valence-electron chi connectivity index (χ4n) is 7.18. The van der Waals surface area contributed by atoms with Gasteiger partial charge in [-0.2, -0.15) is 0 Å². The third kappa shape index (κ3) is 30.1. The Morgan fingerprint density at radius 2 is 1.30 bits per heavy atom. The van der Waals surface area contributed by atoms with Gasteiger partial charge in [0.2, 0.25) is 0 Å². The summed E-state index contributed by atoms with van der Waals surface area (Å²) in [5.74, 6) is -2.07. The van der Waals surface area contributed by atoms with Crippen LogP contribution in [-0.4, -0.2) is 114 Å². The number of Topliss-reactive ketones (excluding diaryl/α,β-unsaturated/α-hetero) is 1. The standard InChI is InChI=1S/C46H84NO12P/c1-6-8-10-11-12-13-14-15-16-17-18-19-20-21-23-29-46(53)59-40(37-58-60(54,55)57-33-32-47(3,4)5)36-56-45(52)28-25-24-27-39(49)34-42-41(43(50)35-44(42)51)31-30-38(48)26-22-9-7-2/h15-16,30-31,38,40-44,48,50-51H,6-14,17-29,32-37H2,1-5H3/p+1/b16-15-,31-30+/t38-,40+,41+,42+,43+,44-/m0/s1. The molecule has 4 N–H and O–H groups in total. The molecule has 13 nitrogen and oxygen atoms in total. The third-order valence-corrected chi connectivity index (χ3v) is 11.9. The maximum absolute atomic E-state index is 12.9. The average Bonchev–Trinajstić information content (AvgIpc) is 3.44. The van der Waals surface area contributed by atoms with Crippen LogP contribution in [0.25, 0.3) is 0 Å². The topological polar surface area (TPSA) is 186 Å². The van der Waals surface area contributed by atoms with E-state index >= 15 is 0 Å². The maximum Gasteiger partial charge on any atom is 0.472 e. The summed E-state index contributed by atoms with van der Waals surface area (Å²) in [4.78, 5) is 48.5. The smallest absolute Gasteiger partial charge is 0.462 e. The molecular formula is C46H85NO12P+. The lowest BCUT2D eigenvalue weighted by atomic mass is 9.87. The molecule has 0 radical (unpaired) electrons. The highest BCUT2D eigenvalue weighted by molar-refractivity contribution is 7.47. The van der Waals surface area contributed by atoms with Crippen LogP contribution in [0.2, 0.25) is 0 Å². The number of ketones is 1. The van der Waals surface area contributed by atoms with E-state index in [1.165, 1.54) is 38.5 Å². The van der Waals surface area contributed by atoms with E-state index < -0.39 is 62.6 Å². The van der Waals surface area contributed by atoms with Crippen molar-refractivity contribution in [3.8, 4) is 0 Å². The van der Waals surface area contributed by atoms with Gasteiger partial charge in [-0.05, 0) is 51.4 Å². The highest BCUT2D eigenvalue weighted by Gasteiger charge is 2.41. The van der Waals surface area contributed by atoms with Gasteiger partial charge >= 0.3 is 19.8 Å². The number of aliphatic hydroxyl groups is 3. The second-order valence-electron chi connectivity index (χ2n) is 17.8. The van der Waals surface area contributed by atoms with Crippen molar-refractivity contribution in [2.45, 2.75) is 192 Å². The van der Waals surface area contributed by atoms with Crippen LogP contribution < -0.4 is 0 Å². The molecule has 0 spiro atoms. The molecule has 1 aliphatic carbocycles. The third-order valence-electron chi connectivity index (χ3n) is 10.9. The molecule has 0 aromatic heterocycles. The van der Waals surface area contributed by atoms with Crippen LogP contribution in [0.4, 0.5) is 0 Å². The summed E-state index contributed by atoms with van der Waals surface area (Å²) in [6.07, 6.45) is 24.3. The number of nitrogens with zero attached hydrogens (tertiary/aromatic N) is 1. The molecule has 1 fully saturated rings. The summed E-state index contributed by atoms with van der Waals surface area (Å²) >= 11 is 0. The molecule has 0 aromatic rings. The molecule has 60 heavy (non-hydrogen) atoms. The van der Waals surface area contributed by atoms with Crippen LogP contribution in [0.15, 0.2) is 24.3 Å². The van der Waals surface area contributed by atoms with Crippen LogP contribution in [0.3, 0.4) is 0 Å². The molecule has 7 atom stereocenters. The van der Waals surface area contributed by atoms with E-state index in [1.807, 2.05) is 21.1 Å². The van der Waals surface area contributed by atoms with E-state index in [0.29, 0.717) is 36.7 Å². The number of rotatable bonds is 38. The van der Waals surface area contributed by atoms with Crippen molar-refractivity contribution in [1.82, 2.24) is 0 Å². The number of hydrogen-bond acceptors (Lipinski definition) is 11. The van der Waals surface area contributed by atoms with Crippen LogP contribution in [0.5, 0.6) is 0 Å². The molecule has 0 aromatic carbocycles. The molecule has 0 aliphatic heterocycles. The first-order valence-electron chi connectivity index (χ1n) is 23.2. The lowest BCUT2D eigenvalue weighted by Gasteiger charge is -2.24. The number of aliphatic hydroxyl groups excluding tert-OH is 3. The van der Waals surface area contributed by atoms with E-state index in [2.05, 4.69) is 26.0 Å². The van der Waals surface area contributed by atoms with Gasteiger partial charge in [-0.3, -0.25) is 23.4 Å². The SMILES string of the molecule is CCCCCCCC/C=C\CCCCCCCC(=O)O[C@H](COC(=O)CCCCC(=O)C[C@@H]1[C@@H](/C=C/[C@@H](O)CCCCC)[C@H](O)C[C@@H]1O)COP(=O)(O)OCC[N+](C)(C)C. The second kappa shape index (κ2) is 33.6. The molecule has 14 heteroatoms. The van der Waals surface area contributed by atoms with Crippen LogP contribution in [0.1, 0.15) is 168 Å². The predicted octanol–water partition coefficient (Wildman–Crippen LogP) is 8.69. The summed E-state index contributed by atoms with van der Waals surface area (Å²) in [7, 11) is 1.27. The summed E-state index contributed by atoms with van der Waals surface area (Å²) in [6, 6.07) is 0. The monoisotopic (exact) mass is 875 g/mol. The molecule has 350 valence electrons. The first-order valence-corrected chi connectivity index (χ1v) is 24.7. The van der Waals surface area contributed by atoms with E-state index in [1.54, 1.807) is 12.2 Å². The van der Waals surface area contributed by atoms with Crippen molar-refractivity contribution < 1.29 is 62.2 Å². The largest absolute Gasteiger partial charge is 0.472 e. The van der Waals surface area contributed by atoms with Gasteiger partial charge in [0.1, 0.15) is 25.5 Å². The van der Waals surface area contributed by atoms with Gasteiger partial charge in [-0.15, -0.1) is 0 Å². The molecule has 1 saturated carbocycles. The number of ether oxygens (including phenoxy) is 2. The van der Waals surface area contributed by atoms with Gasteiger partial charge in [0.15, 0.2) is 6.10 Å². The van der Waals surface area contributed by atoms with E-state index in [0.717, 1.165) is 57.8 Å². The normalized spacial score (nSPS) is 20.4. The van der Waals surface area contributed by atoms with E-state index in [4.69, 9.17) is 18.5 Å². The number of phosphoric acid groups is 1. The number of likely N-dealkylation sites (N-methyl/N-ethyl adjacent to an activating group) is 1. The minimum atomic E-state index is -4.47. The number of carbonyl (C=O) groups is 3. The number of esters is 2. The maximum atomic E-state index is 12.9. The number of allylic oxidation sites excluding steroid dienone is 2. The molecule has 0 saturated heterocycles. The van der Waals surface area contributed by atoms with Gasteiger partial charge < -0.3 is 34.2 Å². The van der Waals surface area contributed by atoms with Crippen LogP contribution >= 0.6 is 7.82 Å². The Hall–Kier alpha value is -1.96. The average molecular weight is 875 g/mol. The first-order chi connectivity index (χ1) is 28.6. The lowest BCUT2D eigenvalue weighted by Crippen LogP contribution is -2.37. The predicted molar refractivity (Wildman–Crippen MR) is 236 cm³/mol. The summed E-state index contributed by atoms with van der Waals surface area (Å²) in [5.41, 5.74) is 0. The van der Waals surface area contributed by atoms with Gasteiger partial charge in [0.25, 0.3) is 0 Å². The number of hydrogen-bond donors (Lipinski definition) is 4. The molecule has 0 heterocycles. The Labute approximate surface area is 362 Å². The zero-order valence-electron chi connectivity index (χ0n) is 38.0. The Kier molecular flexibility index (Phi) is 31.4. The summed E-state index contributed by atoms with van der Waals surface area (Å²) in [6.45, 7) is 3.87. The molecular weight excluding hydrogens is 789 g/mol. The number of phosphoric ester groups is 1.